The minimum Gasteiger partial charge on any atom is -1.00 e. The van der Waals surface area contributed by atoms with Crippen molar-refractivity contribution in [3.8, 4) is 56.9 Å². The van der Waals surface area contributed by atoms with Gasteiger partial charge in [-0.2, -0.15) is 0 Å². The second-order valence-corrected chi connectivity index (χ2v) is 6.52. The molecule has 0 aliphatic rings. The van der Waals surface area contributed by atoms with Gasteiger partial charge in [-0.3, -0.25) is 0 Å². The molecule has 178 valence electrons. The quantitative estimate of drug-likeness (QED) is 0.241. The van der Waals surface area contributed by atoms with Crippen molar-refractivity contribution in [3.63, 3.8) is 0 Å². The Balaban J connectivity index is 0.00000272. The smallest absolute Gasteiger partial charge is 1.00 e. The van der Waals surface area contributed by atoms with Crippen molar-refractivity contribution in [2.75, 3.05) is 14.2 Å². The topological polar surface area (TPSA) is 84.7 Å². The number of aromatic hydroxyl groups is 2. The summed E-state index contributed by atoms with van der Waals surface area (Å²) >= 11 is 0. The fourth-order valence-electron chi connectivity index (χ4n) is 3.33. The molecule has 4 aromatic rings. The van der Waals surface area contributed by atoms with Crippen LogP contribution in [0.5, 0.6) is 23.0 Å². The Labute approximate surface area is 227 Å². The summed E-state index contributed by atoms with van der Waals surface area (Å²) < 4.78 is 10.8. The predicted molar refractivity (Wildman–Crippen MR) is 115 cm³/mol. The Morgan fingerprint density at radius 1 is 0.529 bits per heavy atom. The molecule has 0 unspecified atom stereocenters. The Morgan fingerprint density at radius 2 is 0.853 bits per heavy atom. The Bertz CT molecular complexity index is 1130. The molecule has 2 heterocycles. The van der Waals surface area contributed by atoms with Crippen molar-refractivity contribution >= 4 is 0 Å². The van der Waals surface area contributed by atoms with Gasteiger partial charge in [0.15, 0.2) is 0 Å². The van der Waals surface area contributed by atoms with Gasteiger partial charge in [0, 0.05) is 0 Å². The monoisotopic (exact) mass is 560 g/mol. The SMILES string of the molecule is COc1cccc(O)c1-c1cccc(-c2cccc(-c3c(O)cccc3OC)n2)n1.[Cl-].[Cl-].[Cl-].[Mn+3]. The second kappa shape index (κ2) is 13.9. The third-order valence-corrected chi connectivity index (χ3v) is 4.72. The fourth-order valence-corrected chi connectivity index (χ4v) is 3.33. The van der Waals surface area contributed by atoms with E-state index in [-0.39, 0.29) is 65.8 Å². The van der Waals surface area contributed by atoms with Crippen LogP contribution in [0.2, 0.25) is 0 Å². The van der Waals surface area contributed by atoms with Crippen LogP contribution in [-0.4, -0.2) is 34.4 Å². The summed E-state index contributed by atoms with van der Waals surface area (Å²) in [6.45, 7) is 0. The largest absolute Gasteiger partial charge is 3.00 e. The van der Waals surface area contributed by atoms with Gasteiger partial charge in [-0.15, -0.1) is 0 Å². The van der Waals surface area contributed by atoms with Gasteiger partial charge in [0.25, 0.3) is 0 Å². The first-order chi connectivity index (χ1) is 14.6. The third kappa shape index (κ3) is 6.26. The van der Waals surface area contributed by atoms with Crippen LogP contribution in [0.3, 0.4) is 0 Å². The molecule has 34 heavy (non-hydrogen) atoms. The number of methoxy groups -OCH3 is 2. The van der Waals surface area contributed by atoms with E-state index in [1.165, 1.54) is 0 Å². The molecule has 0 saturated carbocycles. The number of phenols is 2. The molecule has 0 aliphatic carbocycles. The number of benzene rings is 2. The minimum atomic E-state index is 0. The zero-order valence-electron chi connectivity index (χ0n) is 18.0. The van der Waals surface area contributed by atoms with Gasteiger partial charge < -0.3 is 56.9 Å². The van der Waals surface area contributed by atoms with Crippen molar-refractivity contribution in [1.29, 1.82) is 0 Å². The first kappa shape index (κ1) is 31.3. The summed E-state index contributed by atoms with van der Waals surface area (Å²) in [4.78, 5) is 9.37. The Hall–Kier alpha value is -2.67. The second-order valence-electron chi connectivity index (χ2n) is 6.52. The van der Waals surface area contributed by atoms with E-state index in [4.69, 9.17) is 9.47 Å². The zero-order valence-corrected chi connectivity index (χ0v) is 21.5. The van der Waals surface area contributed by atoms with E-state index in [0.717, 1.165) is 0 Å². The molecule has 6 nitrogen and oxygen atoms in total. The zero-order chi connectivity index (χ0) is 21.1. The maximum Gasteiger partial charge on any atom is 3.00 e. The van der Waals surface area contributed by atoms with Crippen LogP contribution in [0.1, 0.15) is 0 Å². The number of aromatic nitrogens is 2. The molecule has 10 heteroatoms. The molecule has 2 N–H and O–H groups in total. The summed E-state index contributed by atoms with van der Waals surface area (Å²) in [6.07, 6.45) is 0. The number of hydrogen-bond acceptors (Lipinski definition) is 6. The fraction of sp³-hybridized carbons (Fsp3) is 0.0833. The predicted octanol–water partition coefficient (Wildman–Crippen LogP) is -4.08. The minimum absolute atomic E-state index is 0. The van der Waals surface area contributed by atoms with E-state index in [9.17, 15) is 10.2 Å². The molecule has 2 aromatic heterocycles. The number of phenolic OH excluding ortho intramolecular Hbond substituents is 2. The molecular weight excluding hydrogens is 542 g/mol. The number of hydrogen-bond donors (Lipinski definition) is 2. The normalized spacial score (nSPS) is 9.35. The molecule has 4 rings (SSSR count). The number of pyridine rings is 2. The molecule has 2 aromatic carbocycles. The first-order valence-corrected chi connectivity index (χ1v) is 9.29. The summed E-state index contributed by atoms with van der Waals surface area (Å²) in [6, 6.07) is 21.1. The molecule has 0 bridgehead atoms. The van der Waals surface area contributed by atoms with Crippen LogP contribution in [0.25, 0.3) is 33.9 Å². The summed E-state index contributed by atoms with van der Waals surface area (Å²) in [7, 11) is 3.10. The molecule has 0 fully saturated rings. The van der Waals surface area contributed by atoms with Crippen LogP contribution in [0.4, 0.5) is 0 Å². The molecular formula is C24H20Cl3MnN2O4. The standard InChI is InChI=1S/C24H20N2O4.3ClH.Mn/c1-29-21-13-5-11-19(27)23(21)17-9-3-7-15(25-17)16-8-4-10-18(26-16)24-20(28)12-6-14-22(24)30-2;;;;/h3-14,27-28H,1-2H3;3*1H;/q;;;;+3/p-3. The number of ether oxygens (including phenoxy) is 2. The average molecular weight is 562 g/mol. The van der Waals surface area contributed by atoms with Crippen LogP contribution >= 0.6 is 0 Å². The number of nitrogens with zero attached hydrogens (tertiary/aromatic N) is 2. The van der Waals surface area contributed by atoms with Gasteiger partial charge in [-0.25, -0.2) is 9.97 Å². The van der Waals surface area contributed by atoms with Crippen LogP contribution < -0.4 is 46.7 Å². The van der Waals surface area contributed by atoms with Gasteiger partial charge in [-0.05, 0) is 48.5 Å². The van der Waals surface area contributed by atoms with E-state index in [0.29, 0.717) is 45.4 Å². The van der Waals surface area contributed by atoms with Gasteiger partial charge in [0.1, 0.15) is 23.0 Å². The maximum atomic E-state index is 10.3. The van der Waals surface area contributed by atoms with E-state index >= 15 is 0 Å². The van der Waals surface area contributed by atoms with Gasteiger partial charge >= 0.3 is 17.1 Å². The molecule has 0 amide bonds. The van der Waals surface area contributed by atoms with Gasteiger partial charge in [0.2, 0.25) is 0 Å². The molecule has 0 aliphatic heterocycles. The molecule has 0 radical (unpaired) electrons. The average Bonchev–Trinajstić information content (AvgIpc) is 2.78. The van der Waals surface area contributed by atoms with Crippen molar-refractivity contribution in [2.45, 2.75) is 0 Å². The van der Waals surface area contributed by atoms with E-state index in [1.54, 1.807) is 62.8 Å². The molecule has 0 atom stereocenters. The van der Waals surface area contributed by atoms with Gasteiger partial charge in [-0.1, -0.05) is 24.3 Å². The van der Waals surface area contributed by atoms with Crippen molar-refractivity contribution < 1.29 is 74.0 Å². The Kier molecular flexibility index (Phi) is 12.8. The third-order valence-electron chi connectivity index (χ3n) is 4.72. The van der Waals surface area contributed by atoms with Crippen molar-refractivity contribution in [3.05, 3.63) is 72.8 Å². The summed E-state index contributed by atoms with van der Waals surface area (Å²) in [5.41, 5.74) is 3.40. The van der Waals surface area contributed by atoms with Crippen LogP contribution in [0, 0.1) is 0 Å². The maximum absolute atomic E-state index is 10.3. The molecule has 0 spiro atoms. The first-order valence-electron chi connectivity index (χ1n) is 9.29. The van der Waals surface area contributed by atoms with E-state index in [2.05, 4.69) is 9.97 Å². The number of halogens is 3. The summed E-state index contributed by atoms with van der Waals surface area (Å²) in [5.74, 6) is 1.22. The summed E-state index contributed by atoms with van der Waals surface area (Å²) in [5, 5.41) is 20.7. The van der Waals surface area contributed by atoms with Crippen molar-refractivity contribution in [1.82, 2.24) is 9.97 Å². The molecule has 0 saturated heterocycles. The van der Waals surface area contributed by atoms with E-state index < -0.39 is 0 Å². The Morgan fingerprint density at radius 3 is 1.21 bits per heavy atom. The van der Waals surface area contributed by atoms with Crippen LogP contribution in [-0.2, 0) is 17.1 Å². The van der Waals surface area contributed by atoms with Crippen molar-refractivity contribution in [2.24, 2.45) is 0 Å². The number of rotatable bonds is 5. The van der Waals surface area contributed by atoms with E-state index in [1.807, 2.05) is 24.3 Å². The van der Waals surface area contributed by atoms with Crippen LogP contribution in [0.15, 0.2) is 72.8 Å². The van der Waals surface area contributed by atoms with Gasteiger partial charge in [0.05, 0.1) is 48.1 Å².